The minimum absolute atomic E-state index is 0.163. The summed E-state index contributed by atoms with van der Waals surface area (Å²) in [7, 11) is 0. The minimum Gasteiger partial charge on any atom is -0.328 e. The lowest BCUT2D eigenvalue weighted by Gasteiger charge is -2.20. The van der Waals surface area contributed by atoms with Gasteiger partial charge in [0.25, 0.3) is 10.2 Å². The summed E-state index contributed by atoms with van der Waals surface area (Å²) in [6.45, 7) is 0. The molecule has 0 fully saturated rings. The normalized spacial score (nSPS) is 11.6. The Labute approximate surface area is 137 Å². The van der Waals surface area contributed by atoms with Gasteiger partial charge in [0.1, 0.15) is 0 Å². The molecule has 2 aromatic rings. The SMILES string of the molecule is N[C@H](c1ccccc1)[C@H](N)c1ccccc1.O=[N+]([O-])O.O=[N+]([O-])O. The Hall–Kier alpha value is -3.24. The standard InChI is InChI=1S/C14H16N2.2HNO3/c15-13(11-7-3-1-4-8-11)14(16)12-9-5-2-6-10-12;2*2-1(3)4/h1-10,13-14H,15-16H2;2*(H,2,3,4)/t13-,14-;;/m1../s1. The monoisotopic (exact) mass is 338 g/mol. The Morgan fingerprint density at radius 3 is 1.12 bits per heavy atom. The van der Waals surface area contributed by atoms with Crippen LogP contribution in [0, 0.1) is 20.2 Å². The molecule has 0 aliphatic rings. The third-order valence-corrected chi connectivity index (χ3v) is 2.76. The fourth-order valence-electron chi connectivity index (χ4n) is 1.77. The molecule has 0 amide bonds. The molecule has 0 spiro atoms. The maximum Gasteiger partial charge on any atom is 0.291 e. The van der Waals surface area contributed by atoms with Gasteiger partial charge in [-0.2, -0.15) is 0 Å². The van der Waals surface area contributed by atoms with Crippen molar-refractivity contribution >= 4 is 0 Å². The van der Waals surface area contributed by atoms with Gasteiger partial charge in [-0.3, -0.25) is 0 Å². The van der Waals surface area contributed by atoms with Crippen molar-refractivity contribution in [3.05, 3.63) is 92.0 Å². The molecule has 2 aromatic carbocycles. The van der Waals surface area contributed by atoms with Crippen LogP contribution in [0.4, 0.5) is 0 Å². The highest BCUT2D eigenvalue weighted by Gasteiger charge is 2.16. The van der Waals surface area contributed by atoms with Gasteiger partial charge in [0.2, 0.25) is 0 Å². The van der Waals surface area contributed by atoms with Crippen molar-refractivity contribution in [2.75, 3.05) is 0 Å². The number of nitrogens with zero attached hydrogens (tertiary/aromatic N) is 2. The Morgan fingerprint density at radius 2 is 0.917 bits per heavy atom. The number of hydrogen-bond donors (Lipinski definition) is 4. The van der Waals surface area contributed by atoms with Gasteiger partial charge in [0.05, 0.1) is 0 Å². The van der Waals surface area contributed by atoms with Crippen LogP contribution in [-0.4, -0.2) is 20.6 Å². The highest BCUT2D eigenvalue weighted by Crippen LogP contribution is 2.23. The van der Waals surface area contributed by atoms with Crippen LogP contribution in [-0.2, 0) is 0 Å². The summed E-state index contributed by atoms with van der Waals surface area (Å²) in [5.41, 5.74) is 14.4. The maximum absolute atomic E-state index is 8.36. The summed E-state index contributed by atoms with van der Waals surface area (Å²) >= 11 is 0. The van der Waals surface area contributed by atoms with Crippen LogP contribution in [0.25, 0.3) is 0 Å². The molecule has 0 heterocycles. The average molecular weight is 338 g/mol. The van der Waals surface area contributed by atoms with Crippen LogP contribution in [0.2, 0.25) is 0 Å². The molecule has 2 atom stereocenters. The summed E-state index contributed by atoms with van der Waals surface area (Å²) in [4.78, 5) is 16.7. The van der Waals surface area contributed by atoms with E-state index >= 15 is 0 Å². The minimum atomic E-state index is -1.50. The Morgan fingerprint density at radius 1 is 0.708 bits per heavy atom. The molecule has 6 N–H and O–H groups in total. The van der Waals surface area contributed by atoms with Gasteiger partial charge in [-0.1, -0.05) is 60.7 Å². The lowest BCUT2D eigenvalue weighted by molar-refractivity contribution is -0.742. The van der Waals surface area contributed by atoms with Crippen LogP contribution in [0.15, 0.2) is 60.7 Å². The van der Waals surface area contributed by atoms with E-state index in [2.05, 4.69) is 0 Å². The third-order valence-electron chi connectivity index (χ3n) is 2.76. The number of benzene rings is 2. The van der Waals surface area contributed by atoms with Gasteiger partial charge in [-0.25, -0.2) is 0 Å². The fourth-order valence-corrected chi connectivity index (χ4v) is 1.77. The first-order valence-corrected chi connectivity index (χ1v) is 6.53. The molecule has 2 rings (SSSR count). The van der Waals surface area contributed by atoms with Crippen LogP contribution < -0.4 is 11.5 Å². The van der Waals surface area contributed by atoms with Crippen molar-refractivity contribution in [1.29, 1.82) is 0 Å². The molecule has 10 heteroatoms. The van der Waals surface area contributed by atoms with Gasteiger partial charge in [-0.15, -0.1) is 20.2 Å². The summed E-state index contributed by atoms with van der Waals surface area (Å²) in [5, 5.41) is 27.3. The van der Waals surface area contributed by atoms with E-state index in [9.17, 15) is 0 Å². The predicted octanol–water partition coefficient (Wildman–Crippen LogP) is 1.69. The van der Waals surface area contributed by atoms with Crippen LogP contribution in [0.1, 0.15) is 23.2 Å². The summed E-state index contributed by atoms with van der Waals surface area (Å²) in [6.07, 6.45) is 0. The second kappa shape index (κ2) is 11.3. The topological polar surface area (TPSA) is 179 Å². The van der Waals surface area contributed by atoms with Crippen LogP contribution in [0.5, 0.6) is 0 Å². The highest BCUT2D eigenvalue weighted by molar-refractivity contribution is 5.26. The molecule has 0 radical (unpaired) electrons. The van der Waals surface area contributed by atoms with Gasteiger partial charge in [0, 0.05) is 12.1 Å². The molecule has 0 aliphatic carbocycles. The average Bonchev–Trinajstić information content (AvgIpc) is 2.54. The molecule has 0 unspecified atom stereocenters. The molecule has 0 aromatic heterocycles. The van der Waals surface area contributed by atoms with Crippen molar-refractivity contribution < 1.29 is 20.6 Å². The smallest absolute Gasteiger partial charge is 0.291 e. The quantitative estimate of drug-likeness (QED) is 0.482. The fraction of sp³-hybridized carbons (Fsp3) is 0.143. The van der Waals surface area contributed by atoms with E-state index in [0.717, 1.165) is 11.1 Å². The van der Waals surface area contributed by atoms with E-state index in [-0.39, 0.29) is 12.1 Å². The lowest BCUT2D eigenvalue weighted by Crippen LogP contribution is -2.26. The zero-order chi connectivity index (χ0) is 18.5. The van der Waals surface area contributed by atoms with Crippen molar-refractivity contribution in [3.8, 4) is 0 Å². The van der Waals surface area contributed by atoms with E-state index in [0.29, 0.717) is 0 Å². The van der Waals surface area contributed by atoms with Crippen molar-refractivity contribution in [2.24, 2.45) is 11.5 Å². The molecule has 10 nitrogen and oxygen atoms in total. The van der Waals surface area contributed by atoms with Crippen molar-refractivity contribution in [2.45, 2.75) is 12.1 Å². The van der Waals surface area contributed by atoms with Crippen molar-refractivity contribution in [1.82, 2.24) is 0 Å². The molecule has 0 saturated carbocycles. The third kappa shape index (κ3) is 9.65. The largest absolute Gasteiger partial charge is 0.328 e. The summed E-state index contributed by atoms with van der Waals surface area (Å²) < 4.78 is 0. The van der Waals surface area contributed by atoms with E-state index in [1.807, 2.05) is 60.7 Å². The highest BCUT2D eigenvalue weighted by atomic mass is 16.9. The summed E-state index contributed by atoms with van der Waals surface area (Å²) in [6, 6.07) is 19.6. The van der Waals surface area contributed by atoms with Gasteiger partial charge >= 0.3 is 0 Å². The van der Waals surface area contributed by atoms with E-state index in [1.165, 1.54) is 0 Å². The predicted molar refractivity (Wildman–Crippen MR) is 84.3 cm³/mol. The number of rotatable bonds is 3. The van der Waals surface area contributed by atoms with Crippen LogP contribution >= 0.6 is 0 Å². The van der Waals surface area contributed by atoms with Crippen LogP contribution in [0.3, 0.4) is 0 Å². The zero-order valence-corrected chi connectivity index (χ0v) is 12.5. The van der Waals surface area contributed by atoms with Gasteiger partial charge < -0.3 is 21.9 Å². The number of nitrogens with two attached hydrogens (primary N) is 2. The van der Waals surface area contributed by atoms with Gasteiger partial charge in [0.15, 0.2) is 0 Å². The Balaban J connectivity index is 0.000000558. The van der Waals surface area contributed by atoms with Crippen molar-refractivity contribution in [3.63, 3.8) is 0 Å². The first-order valence-electron chi connectivity index (χ1n) is 6.53. The Kier molecular flexibility index (Phi) is 9.81. The molecular weight excluding hydrogens is 320 g/mol. The molecule has 130 valence electrons. The van der Waals surface area contributed by atoms with E-state index < -0.39 is 10.2 Å². The molecule has 0 saturated heterocycles. The first kappa shape index (κ1) is 20.8. The zero-order valence-electron chi connectivity index (χ0n) is 12.5. The number of hydrogen-bond acceptors (Lipinski definition) is 6. The molecular formula is C14H18N4O6. The van der Waals surface area contributed by atoms with E-state index in [1.54, 1.807) is 0 Å². The Bertz CT molecular complexity index is 548. The first-order chi connectivity index (χ1) is 11.3. The summed E-state index contributed by atoms with van der Waals surface area (Å²) in [5.74, 6) is 0. The molecule has 24 heavy (non-hydrogen) atoms. The lowest BCUT2D eigenvalue weighted by atomic mass is 9.95. The second-order valence-corrected chi connectivity index (χ2v) is 4.35. The van der Waals surface area contributed by atoms with Gasteiger partial charge in [-0.05, 0) is 11.1 Å². The van der Waals surface area contributed by atoms with E-state index in [4.69, 9.17) is 42.1 Å². The second-order valence-electron chi connectivity index (χ2n) is 4.35. The maximum atomic E-state index is 8.36. The molecule has 0 bridgehead atoms. The molecule has 0 aliphatic heterocycles.